The van der Waals surface area contributed by atoms with E-state index in [1.165, 1.54) is 6.07 Å². The lowest BCUT2D eigenvalue weighted by Gasteiger charge is -2.21. The molecule has 0 aliphatic carbocycles. The second kappa shape index (κ2) is 5.69. The number of alkyl halides is 3. The van der Waals surface area contributed by atoms with E-state index in [0.717, 1.165) is 42.0 Å². The van der Waals surface area contributed by atoms with Gasteiger partial charge in [0.05, 0.1) is 18.4 Å². The van der Waals surface area contributed by atoms with Crippen LogP contribution in [0.15, 0.2) is 24.3 Å². The molecule has 128 valence electrons. The van der Waals surface area contributed by atoms with Gasteiger partial charge in [0, 0.05) is 5.75 Å². The fourth-order valence-corrected chi connectivity index (χ4v) is 3.93. The number of carbonyl (C=O) groups excluding carboxylic acids is 3. The van der Waals surface area contributed by atoms with Gasteiger partial charge in [-0.05, 0) is 18.2 Å². The van der Waals surface area contributed by atoms with Crippen LogP contribution in [0, 0.1) is 0 Å². The summed E-state index contributed by atoms with van der Waals surface area (Å²) >= 11 is 1.08. The van der Waals surface area contributed by atoms with Gasteiger partial charge in [0.15, 0.2) is 5.37 Å². The quantitative estimate of drug-likeness (QED) is 0.597. The topological polar surface area (TPSA) is 66.9 Å². The predicted octanol–water partition coefficient (Wildman–Crippen LogP) is 2.09. The third-order valence-electron chi connectivity index (χ3n) is 3.75. The average molecular weight is 360 g/mol. The van der Waals surface area contributed by atoms with Crippen LogP contribution in [0.4, 0.5) is 23.7 Å². The van der Waals surface area contributed by atoms with Gasteiger partial charge in [-0.25, -0.2) is 14.5 Å². The summed E-state index contributed by atoms with van der Waals surface area (Å²) in [4.78, 5) is 38.4. The smallest absolute Gasteiger partial charge is 0.416 e. The molecule has 0 spiro atoms. The van der Waals surface area contributed by atoms with Crippen molar-refractivity contribution >= 4 is 35.4 Å². The molecule has 2 saturated heterocycles. The molecule has 0 N–H and O–H groups in total. The summed E-state index contributed by atoms with van der Waals surface area (Å²) in [5, 5.41) is -0.979. The summed E-state index contributed by atoms with van der Waals surface area (Å²) in [7, 11) is 1.16. The van der Waals surface area contributed by atoms with Crippen LogP contribution < -0.4 is 4.90 Å². The molecule has 1 aromatic carbocycles. The van der Waals surface area contributed by atoms with Crippen molar-refractivity contribution in [2.45, 2.75) is 17.6 Å². The number of hydrogen-bond acceptors (Lipinski definition) is 5. The third kappa shape index (κ3) is 2.50. The summed E-state index contributed by atoms with van der Waals surface area (Å²) in [6.07, 6.45) is -4.59. The number of benzene rings is 1. The van der Waals surface area contributed by atoms with E-state index in [2.05, 4.69) is 4.74 Å². The fraction of sp³-hybridized carbons (Fsp3) is 0.357. The maximum Gasteiger partial charge on any atom is 0.416 e. The molecule has 2 atom stereocenters. The van der Waals surface area contributed by atoms with Gasteiger partial charge < -0.3 is 4.74 Å². The Morgan fingerprint density at radius 2 is 2.04 bits per heavy atom. The van der Waals surface area contributed by atoms with Crippen molar-refractivity contribution < 1.29 is 32.3 Å². The standard InChI is InChI=1S/C14H11F3N2O4S/c1-23-12(21)11-19-9(6-24-11)10(20)18(13(19)22)8-4-2-3-7(5-8)14(15,16)17/h2-5,9,11H,6H2,1H3/t9-,11-/m0/s1. The Labute approximate surface area is 138 Å². The molecule has 1 aromatic rings. The summed E-state index contributed by atoms with van der Waals surface area (Å²) in [5.41, 5.74) is -1.14. The minimum absolute atomic E-state index is 0.178. The number of esters is 1. The molecule has 24 heavy (non-hydrogen) atoms. The van der Waals surface area contributed by atoms with Gasteiger partial charge in [-0.2, -0.15) is 13.2 Å². The van der Waals surface area contributed by atoms with Gasteiger partial charge in [-0.1, -0.05) is 6.07 Å². The first kappa shape index (κ1) is 16.6. The molecule has 10 heteroatoms. The van der Waals surface area contributed by atoms with E-state index in [4.69, 9.17) is 0 Å². The highest BCUT2D eigenvalue weighted by Gasteiger charge is 2.55. The van der Waals surface area contributed by atoms with Gasteiger partial charge in [-0.15, -0.1) is 11.8 Å². The molecule has 3 amide bonds. The van der Waals surface area contributed by atoms with Crippen LogP contribution in [0.25, 0.3) is 0 Å². The van der Waals surface area contributed by atoms with Crippen molar-refractivity contribution in [2.75, 3.05) is 17.8 Å². The number of thioether (sulfide) groups is 1. The lowest BCUT2D eigenvalue weighted by Crippen LogP contribution is -2.41. The number of carbonyl (C=O) groups is 3. The Kier molecular flexibility index (Phi) is 3.94. The number of ether oxygens (including phenoxy) is 1. The normalized spacial score (nSPS) is 23.7. The largest absolute Gasteiger partial charge is 0.467 e. The summed E-state index contributed by atoms with van der Waals surface area (Å²) in [6, 6.07) is 2.23. The second-order valence-electron chi connectivity index (χ2n) is 5.14. The zero-order chi connectivity index (χ0) is 17.6. The highest BCUT2D eigenvalue weighted by molar-refractivity contribution is 8.00. The Morgan fingerprint density at radius 1 is 1.33 bits per heavy atom. The minimum atomic E-state index is -4.59. The third-order valence-corrected chi connectivity index (χ3v) is 5.00. The zero-order valence-corrected chi connectivity index (χ0v) is 13.1. The van der Waals surface area contributed by atoms with Gasteiger partial charge in [0.1, 0.15) is 6.04 Å². The molecule has 2 aliphatic heterocycles. The van der Waals surface area contributed by atoms with Crippen LogP contribution in [0.1, 0.15) is 5.56 Å². The molecule has 0 bridgehead atoms. The number of anilines is 1. The minimum Gasteiger partial charge on any atom is -0.467 e. The number of rotatable bonds is 2. The molecular weight excluding hydrogens is 349 g/mol. The number of halogens is 3. The Balaban J connectivity index is 1.95. The van der Waals surface area contributed by atoms with Crippen LogP contribution >= 0.6 is 11.8 Å². The van der Waals surface area contributed by atoms with Gasteiger partial charge in [-0.3, -0.25) is 9.69 Å². The van der Waals surface area contributed by atoms with E-state index < -0.39 is 41.1 Å². The van der Waals surface area contributed by atoms with E-state index in [0.29, 0.717) is 4.90 Å². The molecule has 2 fully saturated rings. The van der Waals surface area contributed by atoms with Gasteiger partial charge >= 0.3 is 18.2 Å². The summed E-state index contributed by atoms with van der Waals surface area (Å²) < 4.78 is 43.1. The van der Waals surface area contributed by atoms with E-state index in [1.807, 2.05) is 0 Å². The number of urea groups is 1. The number of hydrogen-bond donors (Lipinski definition) is 0. The molecule has 0 radical (unpaired) electrons. The van der Waals surface area contributed by atoms with Crippen molar-refractivity contribution in [3.8, 4) is 0 Å². The molecule has 0 aromatic heterocycles. The SMILES string of the molecule is COC(=O)[C@@H]1SC[C@H]2C(=O)N(c3cccc(C(F)(F)F)c3)C(=O)N21. The number of nitrogens with zero attached hydrogens (tertiary/aromatic N) is 2. The van der Waals surface area contributed by atoms with Gasteiger partial charge in [0.25, 0.3) is 5.91 Å². The second-order valence-corrected chi connectivity index (χ2v) is 6.25. The first-order valence-electron chi connectivity index (χ1n) is 6.78. The number of amides is 3. The predicted molar refractivity (Wildman–Crippen MR) is 78.2 cm³/mol. The Morgan fingerprint density at radius 3 is 2.67 bits per heavy atom. The maximum atomic E-state index is 12.8. The van der Waals surface area contributed by atoms with Crippen molar-refractivity contribution in [1.82, 2.24) is 4.90 Å². The lowest BCUT2D eigenvalue weighted by atomic mass is 10.2. The average Bonchev–Trinajstić information content (AvgIpc) is 3.07. The van der Waals surface area contributed by atoms with Crippen molar-refractivity contribution in [3.63, 3.8) is 0 Å². The first-order chi connectivity index (χ1) is 11.3. The fourth-order valence-electron chi connectivity index (χ4n) is 2.63. The van der Waals surface area contributed by atoms with E-state index in [9.17, 15) is 27.6 Å². The molecule has 3 rings (SSSR count). The van der Waals surface area contributed by atoms with Gasteiger partial charge in [0.2, 0.25) is 0 Å². The molecule has 0 saturated carbocycles. The monoisotopic (exact) mass is 360 g/mol. The number of imide groups is 1. The molecule has 0 unspecified atom stereocenters. The maximum absolute atomic E-state index is 12.8. The van der Waals surface area contributed by atoms with Crippen LogP contribution in [-0.4, -0.2) is 47.1 Å². The first-order valence-corrected chi connectivity index (χ1v) is 7.83. The molecule has 2 heterocycles. The molecule has 6 nitrogen and oxygen atoms in total. The van der Waals surface area contributed by atoms with E-state index in [-0.39, 0.29) is 11.4 Å². The lowest BCUT2D eigenvalue weighted by molar-refractivity contribution is -0.142. The summed E-state index contributed by atoms with van der Waals surface area (Å²) in [6.45, 7) is 0. The number of fused-ring (bicyclic) bond motifs is 1. The van der Waals surface area contributed by atoms with Crippen molar-refractivity contribution in [3.05, 3.63) is 29.8 Å². The Bertz CT molecular complexity index is 724. The van der Waals surface area contributed by atoms with E-state index in [1.54, 1.807) is 0 Å². The van der Waals surface area contributed by atoms with Crippen LogP contribution in [0.5, 0.6) is 0 Å². The highest BCUT2D eigenvalue weighted by Crippen LogP contribution is 2.39. The zero-order valence-electron chi connectivity index (χ0n) is 12.2. The summed E-state index contributed by atoms with van der Waals surface area (Å²) in [5.74, 6) is -1.16. The van der Waals surface area contributed by atoms with Crippen molar-refractivity contribution in [2.24, 2.45) is 0 Å². The Hall–Kier alpha value is -2.23. The van der Waals surface area contributed by atoms with E-state index >= 15 is 0 Å². The van der Waals surface area contributed by atoms with Crippen LogP contribution in [0.2, 0.25) is 0 Å². The van der Waals surface area contributed by atoms with Crippen LogP contribution in [-0.2, 0) is 20.5 Å². The molecular formula is C14H11F3N2O4S. The van der Waals surface area contributed by atoms with Crippen LogP contribution in [0.3, 0.4) is 0 Å². The molecule has 2 aliphatic rings. The highest BCUT2D eigenvalue weighted by atomic mass is 32.2. The number of methoxy groups -OCH3 is 1. The van der Waals surface area contributed by atoms with Crippen molar-refractivity contribution in [1.29, 1.82) is 0 Å².